The molecule has 18 heavy (non-hydrogen) atoms. The molecule has 5 heteroatoms. The van der Waals surface area contributed by atoms with Crippen LogP contribution >= 0.6 is 0 Å². The van der Waals surface area contributed by atoms with Crippen molar-refractivity contribution in [1.29, 1.82) is 0 Å². The molecule has 1 saturated heterocycles. The number of amides is 1. The number of carbonyl (C=O) groups excluding carboxylic acids is 1. The first-order valence-electron chi connectivity index (χ1n) is 6.63. The number of carbonyl (C=O) groups is 2. The third-order valence-electron chi connectivity index (χ3n) is 4.28. The number of nitrogens with zero attached hydrogens (tertiary/aromatic N) is 1. The molecule has 2 fully saturated rings. The molecule has 1 aliphatic carbocycles. The Morgan fingerprint density at radius 1 is 1.39 bits per heavy atom. The number of rotatable bonds is 5. The van der Waals surface area contributed by atoms with E-state index in [4.69, 9.17) is 9.84 Å². The van der Waals surface area contributed by atoms with Crippen LogP contribution in [0.5, 0.6) is 0 Å². The lowest BCUT2D eigenvalue weighted by Crippen LogP contribution is -2.46. The second-order valence-electron chi connectivity index (χ2n) is 5.40. The monoisotopic (exact) mass is 255 g/mol. The Bertz CT molecular complexity index is 332. The molecule has 1 amide bonds. The molecule has 0 aromatic rings. The average Bonchev–Trinajstić information content (AvgIpc) is 2.70. The molecule has 5 nitrogen and oxygen atoms in total. The van der Waals surface area contributed by atoms with Gasteiger partial charge in [0.25, 0.3) is 0 Å². The highest BCUT2D eigenvalue weighted by Crippen LogP contribution is 2.39. The fourth-order valence-corrected chi connectivity index (χ4v) is 2.98. The van der Waals surface area contributed by atoms with Crippen molar-refractivity contribution >= 4 is 11.9 Å². The molecule has 0 radical (unpaired) electrons. The number of carboxylic acid groups (broad SMARTS) is 1. The SMILES string of the molecule is COC1(CC(=O)N2CCC[C@@H]2CC(=O)O)CCC1. The summed E-state index contributed by atoms with van der Waals surface area (Å²) in [5.74, 6) is -0.773. The van der Waals surface area contributed by atoms with Crippen LogP contribution in [-0.4, -0.2) is 47.2 Å². The summed E-state index contributed by atoms with van der Waals surface area (Å²) < 4.78 is 5.46. The van der Waals surface area contributed by atoms with Crippen LogP contribution in [0.2, 0.25) is 0 Å². The summed E-state index contributed by atoms with van der Waals surface area (Å²) in [6.45, 7) is 0.691. The summed E-state index contributed by atoms with van der Waals surface area (Å²) in [6.07, 6.45) is 5.16. The Hall–Kier alpha value is -1.10. The van der Waals surface area contributed by atoms with E-state index in [1.165, 1.54) is 0 Å². The first kappa shape index (κ1) is 13.3. The smallest absolute Gasteiger partial charge is 0.305 e. The first-order valence-corrected chi connectivity index (χ1v) is 6.63. The van der Waals surface area contributed by atoms with E-state index in [2.05, 4.69) is 0 Å². The summed E-state index contributed by atoms with van der Waals surface area (Å²) in [4.78, 5) is 24.8. The lowest BCUT2D eigenvalue weighted by molar-refractivity contribution is -0.146. The van der Waals surface area contributed by atoms with E-state index in [-0.39, 0.29) is 24.0 Å². The number of likely N-dealkylation sites (tertiary alicyclic amines) is 1. The second kappa shape index (κ2) is 5.26. The van der Waals surface area contributed by atoms with E-state index < -0.39 is 5.97 Å². The third kappa shape index (κ3) is 2.66. The molecule has 0 spiro atoms. The number of ether oxygens (including phenoxy) is 1. The standard InChI is InChI=1S/C13H21NO4/c1-18-13(5-3-6-13)9-11(15)14-7-2-4-10(14)8-12(16)17/h10H,2-9H2,1H3,(H,16,17)/t10-/m1/s1. The molecule has 0 aromatic carbocycles. The molecule has 2 rings (SSSR count). The Balaban J connectivity index is 1.93. The molecule has 1 saturated carbocycles. The zero-order chi connectivity index (χ0) is 13.2. The number of aliphatic carboxylic acids is 1. The molecule has 0 unspecified atom stereocenters. The molecule has 1 atom stereocenters. The van der Waals surface area contributed by atoms with Crippen LogP contribution in [0.25, 0.3) is 0 Å². The highest BCUT2D eigenvalue weighted by Gasteiger charge is 2.41. The minimum atomic E-state index is -0.829. The van der Waals surface area contributed by atoms with Gasteiger partial charge in [-0.25, -0.2) is 0 Å². The van der Waals surface area contributed by atoms with Crippen LogP contribution in [0.4, 0.5) is 0 Å². The maximum absolute atomic E-state index is 12.3. The van der Waals surface area contributed by atoms with Crippen molar-refractivity contribution in [2.75, 3.05) is 13.7 Å². The largest absolute Gasteiger partial charge is 0.481 e. The van der Waals surface area contributed by atoms with Crippen molar-refractivity contribution in [3.8, 4) is 0 Å². The number of hydrogen-bond donors (Lipinski definition) is 1. The highest BCUT2D eigenvalue weighted by atomic mass is 16.5. The number of hydrogen-bond acceptors (Lipinski definition) is 3. The molecular weight excluding hydrogens is 234 g/mol. The molecule has 1 aliphatic heterocycles. The summed E-state index contributed by atoms with van der Waals surface area (Å²) >= 11 is 0. The van der Waals surface area contributed by atoms with E-state index in [0.29, 0.717) is 13.0 Å². The normalized spacial score (nSPS) is 25.8. The van der Waals surface area contributed by atoms with E-state index in [0.717, 1.165) is 32.1 Å². The minimum Gasteiger partial charge on any atom is -0.481 e. The van der Waals surface area contributed by atoms with E-state index in [9.17, 15) is 9.59 Å². The predicted octanol–water partition coefficient (Wildman–Crippen LogP) is 1.41. The fraction of sp³-hybridized carbons (Fsp3) is 0.846. The third-order valence-corrected chi connectivity index (χ3v) is 4.28. The Kier molecular flexibility index (Phi) is 3.90. The van der Waals surface area contributed by atoms with Crippen LogP contribution < -0.4 is 0 Å². The van der Waals surface area contributed by atoms with Crippen LogP contribution in [-0.2, 0) is 14.3 Å². The lowest BCUT2D eigenvalue weighted by Gasteiger charge is -2.41. The maximum atomic E-state index is 12.3. The van der Waals surface area contributed by atoms with Crippen LogP contribution in [0.3, 0.4) is 0 Å². The van der Waals surface area contributed by atoms with Gasteiger partial charge in [0.05, 0.1) is 18.4 Å². The Labute approximate surface area is 107 Å². The molecule has 0 aromatic heterocycles. The van der Waals surface area contributed by atoms with Crippen molar-refractivity contribution in [2.45, 2.75) is 56.6 Å². The number of carboxylic acids is 1. The minimum absolute atomic E-state index is 0.0558. The molecule has 1 N–H and O–H groups in total. The van der Waals surface area contributed by atoms with Crippen LogP contribution in [0.1, 0.15) is 44.9 Å². The van der Waals surface area contributed by atoms with E-state index >= 15 is 0 Å². The molecule has 102 valence electrons. The van der Waals surface area contributed by atoms with Gasteiger partial charge >= 0.3 is 5.97 Å². The average molecular weight is 255 g/mol. The van der Waals surface area contributed by atoms with Crippen LogP contribution in [0, 0.1) is 0 Å². The summed E-state index contributed by atoms with van der Waals surface area (Å²) in [5.41, 5.74) is -0.270. The van der Waals surface area contributed by atoms with Gasteiger partial charge in [-0.3, -0.25) is 9.59 Å². The summed E-state index contributed by atoms with van der Waals surface area (Å²) in [6, 6.07) is -0.121. The lowest BCUT2D eigenvalue weighted by atomic mass is 9.77. The van der Waals surface area contributed by atoms with Gasteiger partial charge in [0.15, 0.2) is 0 Å². The first-order chi connectivity index (χ1) is 8.56. The second-order valence-corrected chi connectivity index (χ2v) is 5.40. The molecule has 0 bridgehead atoms. The zero-order valence-corrected chi connectivity index (χ0v) is 10.9. The van der Waals surface area contributed by atoms with Gasteiger partial charge in [0.1, 0.15) is 0 Å². The maximum Gasteiger partial charge on any atom is 0.305 e. The topological polar surface area (TPSA) is 66.8 Å². The molecule has 2 aliphatic rings. The molecule has 1 heterocycles. The van der Waals surface area contributed by atoms with Gasteiger partial charge in [0.2, 0.25) is 5.91 Å². The van der Waals surface area contributed by atoms with E-state index in [1.807, 2.05) is 0 Å². The molecular formula is C13H21NO4. The van der Waals surface area contributed by atoms with Gasteiger partial charge in [-0.2, -0.15) is 0 Å². The van der Waals surface area contributed by atoms with Crippen molar-refractivity contribution in [3.63, 3.8) is 0 Å². The van der Waals surface area contributed by atoms with Crippen molar-refractivity contribution in [2.24, 2.45) is 0 Å². The van der Waals surface area contributed by atoms with Gasteiger partial charge in [-0.1, -0.05) is 0 Å². The van der Waals surface area contributed by atoms with Gasteiger partial charge < -0.3 is 14.7 Å². The van der Waals surface area contributed by atoms with Crippen molar-refractivity contribution in [3.05, 3.63) is 0 Å². The number of methoxy groups -OCH3 is 1. The fourth-order valence-electron chi connectivity index (χ4n) is 2.98. The van der Waals surface area contributed by atoms with Gasteiger partial charge in [-0.15, -0.1) is 0 Å². The summed E-state index contributed by atoms with van der Waals surface area (Å²) in [5, 5.41) is 8.85. The van der Waals surface area contributed by atoms with E-state index in [1.54, 1.807) is 12.0 Å². The summed E-state index contributed by atoms with van der Waals surface area (Å²) in [7, 11) is 1.66. The van der Waals surface area contributed by atoms with Crippen molar-refractivity contribution in [1.82, 2.24) is 4.90 Å². The Morgan fingerprint density at radius 3 is 2.61 bits per heavy atom. The predicted molar refractivity (Wildman–Crippen MR) is 65.2 cm³/mol. The zero-order valence-electron chi connectivity index (χ0n) is 10.9. The van der Waals surface area contributed by atoms with Crippen molar-refractivity contribution < 1.29 is 19.4 Å². The van der Waals surface area contributed by atoms with Gasteiger partial charge in [0, 0.05) is 19.7 Å². The van der Waals surface area contributed by atoms with Crippen LogP contribution in [0.15, 0.2) is 0 Å². The highest BCUT2D eigenvalue weighted by molar-refractivity contribution is 5.79. The quantitative estimate of drug-likeness (QED) is 0.806. The van der Waals surface area contributed by atoms with Gasteiger partial charge in [-0.05, 0) is 32.1 Å². The Morgan fingerprint density at radius 2 is 2.11 bits per heavy atom.